The van der Waals surface area contributed by atoms with Crippen molar-refractivity contribution in [1.82, 2.24) is 9.66 Å². The molecule has 0 bridgehead atoms. The molecule has 1 fully saturated rings. The summed E-state index contributed by atoms with van der Waals surface area (Å²) in [5.74, 6) is -0.306. The van der Waals surface area contributed by atoms with Gasteiger partial charge in [-0.05, 0) is 17.7 Å². The lowest BCUT2D eigenvalue weighted by molar-refractivity contribution is -0.126. The van der Waals surface area contributed by atoms with Crippen molar-refractivity contribution >= 4 is 28.4 Å². The SMILES string of the molecule is O=C1[C@@H](Cl)[C@H](c2ccccc2)N1n1cnc2ccccc2c1=O. The van der Waals surface area contributed by atoms with Gasteiger partial charge >= 0.3 is 0 Å². The minimum Gasteiger partial charge on any atom is -0.271 e. The van der Waals surface area contributed by atoms with E-state index in [2.05, 4.69) is 4.98 Å². The number of para-hydroxylation sites is 1. The molecule has 0 spiro atoms. The average Bonchev–Trinajstić information content (AvgIpc) is 2.61. The summed E-state index contributed by atoms with van der Waals surface area (Å²) in [6.45, 7) is 0. The van der Waals surface area contributed by atoms with E-state index in [9.17, 15) is 9.59 Å². The lowest BCUT2D eigenvalue weighted by Gasteiger charge is -2.44. The van der Waals surface area contributed by atoms with Crippen LogP contribution in [0, 0.1) is 0 Å². The number of carbonyl (C=O) groups excluding carboxylic acids is 1. The van der Waals surface area contributed by atoms with Crippen molar-refractivity contribution in [3.63, 3.8) is 0 Å². The fourth-order valence-electron chi connectivity index (χ4n) is 2.85. The van der Waals surface area contributed by atoms with Crippen LogP contribution in [0.2, 0.25) is 0 Å². The van der Waals surface area contributed by atoms with Crippen LogP contribution in [0.3, 0.4) is 0 Å². The van der Waals surface area contributed by atoms with Crippen molar-refractivity contribution in [3.05, 3.63) is 76.8 Å². The van der Waals surface area contributed by atoms with Crippen LogP contribution in [0.5, 0.6) is 0 Å². The minimum atomic E-state index is -0.684. The maximum atomic E-state index is 12.7. The molecule has 4 rings (SSSR count). The van der Waals surface area contributed by atoms with Gasteiger partial charge in [0, 0.05) is 0 Å². The van der Waals surface area contributed by atoms with E-state index in [-0.39, 0.29) is 17.5 Å². The van der Waals surface area contributed by atoms with Crippen LogP contribution in [0.4, 0.5) is 0 Å². The second-order valence-electron chi connectivity index (χ2n) is 5.35. The highest BCUT2D eigenvalue weighted by Crippen LogP contribution is 2.36. The van der Waals surface area contributed by atoms with E-state index in [4.69, 9.17) is 11.6 Å². The van der Waals surface area contributed by atoms with Gasteiger partial charge in [-0.1, -0.05) is 42.5 Å². The predicted molar refractivity (Wildman–Crippen MR) is 88.1 cm³/mol. The maximum Gasteiger partial charge on any atom is 0.280 e. The lowest BCUT2D eigenvalue weighted by Crippen LogP contribution is -2.64. The summed E-state index contributed by atoms with van der Waals surface area (Å²) in [6.07, 6.45) is 1.38. The van der Waals surface area contributed by atoms with Gasteiger partial charge in [-0.3, -0.25) is 9.59 Å². The van der Waals surface area contributed by atoms with E-state index in [0.717, 1.165) is 5.56 Å². The Morgan fingerprint density at radius 2 is 1.65 bits per heavy atom. The van der Waals surface area contributed by atoms with Crippen molar-refractivity contribution in [2.45, 2.75) is 11.4 Å². The monoisotopic (exact) mass is 325 g/mol. The third-order valence-electron chi connectivity index (χ3n) is 4.02. The molecule has 5 nitrogen and oxygen atoms in total. The van der Waals surface area contributed by atoms with E-state index in [0.29, 0.717) is 10.9 Å². The highest BCUT2D eigenvalue weighted by molar-refractivity contribution is 6.36. The number of halogens is 1. The summed E-state index contributed by atoms with van der Waals surface area (Å²) >= 11 is 6.19. The molecule has 0 saturated carbocycles. The third-order valence-corrected chi connectivity index (χ3v) is 4.45. The van der Waals surface area contributed by atoms with Crippen LogP contribution in [0.25, 0.3) is 10.9 Å². The molecule has 0 unspecified atom stereocenters. The van der Waals surface area contributed by atoms with Gasteiger partial charge in [-0.25, -0.2) is 14.7 Å². The molecule has 1 aliphatic rings. The Morgan fingerprint density at radius 3 is 2.43 bits per heavy atom. The molecule has 0 N–H and O–H groups in total. The number of rotatable bonds is 2. The summed E-state index contributed by atoms with van der Waals surface area (Å²) in [7, 11) is 0. The molecule has 6 heteroatoms. The van der Waals surface area contributed by atoms with Crippen LogP contribution in [0.1, 0.15) is 11.6 Å². The van der Waals surface area contributed by atoms with Crippen LogP contribution >= 0.6 is 11.6 Å². The van der Waals surface area contributed by atoms with Gasteiger partial charge in [-0.15, -0.1) is 11.6 Å². The van der Waals surface area contributed by atoms with E-state index in [1.54, 1.807) is 18.2 Å². The molecule has 0 aliphatic carbocycles. The van der Waals surface area contributed by atoms with Crippen molar-refractivity contribution in [2.75, 3.05) is 5.01 Å². The molecule has 1 aliphatic heterocycles. The number of alkyl halides is 1. The first kappa shape index (κ1) is 14.0. The zero-order valence-electron chi connectivity index (χ0n) is 12.0. The summed E-state index contributed by atoms with van der Waals surface area (Å²) in [5.41, 5.74) is 1.20. The molecule has 3 aromatic rings. The summed E-state index contributed by atoms with van der Waals surface area (Å²) in [6, 6.07) is 16.1. The molecular weight excluding hydrogens is 314 g/mol. The molecule has 1 aromatic heterocycles. The lowest BCUT2D eigenvalue weighted by atomic mass is 9.95. The Labute approximate surface area is 136 Å². The number of benzene rings is 2. The van der Waals surface area contributed by atoms with Crippen LogP contribution in [-0.2, 0) is 4.79 Å². The van der Waals surface area contributed by atoms with E-state index in [1.807, 2.05) is 36.4 Å². The first-order valence-corrected chi connectivity index (χ1v) is 7.61. The first-order valence-electron chi connectivity index (χ1n) is 7.17. The van der Waals surface area contributed by atoms with Gasteiger partial charge in [-0.2, -0.15) is 0 Å². The Balaban J connectivity index is 1.85. The summed E-state index contributed by atoms with van der Waals surface area (Å²) in [4.78, 5) is 29.2. The Morgan fingerprint density at radius 1 is 0.957 bits per heavy atom. The highest BCUT2D eigenvalue weighted by Gasteiger charge is 2.49. The number of fused-ring (bicyclic) bond motifs is 1. The largest absolute Gasteiger partial charge is 0.280 e. The fraction of sp³-hybridized carbons (Fsp3) is 0.118. The Hall–Kier alpha value is -2.66. The summed E-state index contributed by atoms with van der Waals surface area (Å²) < 4.78 is 1.25. The average molecular weight is 326 g/mol. The maximum absolute atomic E-state index is 12.7. The van der Waals surface area contributed by atoms with Crippen molar-refractivity contribution in [3.8, 4) is 0 Å². The van der Waals surface area contributed by atoms with Crippen LogP contribution in [-0.4, -0.2) is 20.9 Å². The van der Waals surface area contributed by atoms with Gasteiger partial charge < -0.3 is 0 Å². The van der Waals surface area contributed by atoms with Crippen molar-refractivity contribution in [2.24, 2.45) is 0 Å². The Kier molecular flexibility index (Phi) is 3.16. The first-order chi connectivity index (χ1) is 11.2. The van der Waals surface area contributed by atoms with Crippen molar-refractivity contribution < 1.29 is 4.79 Å². The number of hydrogen-bond acceptors (Lipinski definition) is 3. The second kappa shape index (κ2) is 5.21. The normalized spacial score (nSPS) is 20.6. The van der Waals surface area contributed by atoms with E-state index in [1.165, 1.54) is 16.0 Å². The third kappa shape index (κ3) is 2.04. The topological polar surface area (TPSA) is 55.2 Å². The molecule has 114 valence electrons. The summed E-state index contributed by atoms with van der Waals surface area (Å²) in [5, 5.41) is 1.15. The fourth-order valence-corrected chi connectivity index (χ4v) is 3.21. The van der Waals surface area contributed by atoms with Crippen LogP contribution < -0.4 is 10.6 Å². The zero-order chi connectivity index (χ0) is 16.0. The highest BCUT2D eigenvalue weighted by atomic mass is 35.5. The van der Waals surface area contributed by atoms with Gasteiger partial charge in [0.2, 0.25) is 0 Å². The smallest absolute Gasteiger partial charge is 0.271 e. The quantitative estimate of drug-likeness (QED) is 0.536. The number of hydrogen-bond donors (Lipinski definition) is 0. The molecule has 0 radical (unpaired) electrons. The number of aromatic nitrogens is 2. The van der Waals surface area contributed by atoms with Crippen LogP contribution in [0.15, 0.2) is 65.7 Å². The predicted octanol–water partition coefficient (Wildman–Crippen LogP) is 2.22. The molecule has 23 heavy (non-hydrogen) atoms. The number of carbonyl (C=O) groups is 1. The second-order valence-corrected chi connectivity index (χ2v) is 5.82. The van der Waals surface area contributed by atoms with Gasteiger partial charge in [0.05, 0.1) is 10.9 Å². The molecule has 1 saturated heterocycles. The number of β-lactam (4-membered cyclic amide) rings is 1. The van der Waals surface area contributed by atoms with Gasteiger partial charge in [0.1, 0.15) is 17.7 Å². The van der Waals surface area contributed by atoms with Gasteiger partial charge in [0.15, 0.2) is 0 Å². The number of amides is 1. The number of nitrogens with zero attached hydrogens (tertiary/aromatic N) is 3. The molecule has 2 atom stereocenters. The molecule has 1 amide bonds. The van der Waals surface area contributed by atoms with Gasteiger partial charge in [0.25, 0.3) is 11.5 Å². The van der Waals surface area contributed by atoms with E-state index < -0.39 is 5.38 Å². The minimum absolute atomic E-state index is 0.284. The molecule has 2 aromatic carbocycles. The molecule has 2 heterocycles. The zero-order valence-corrected chi connectivity index (χ0v) is 12.7. The Bertz CT molecular complexity index is 955. The van der Waals surface area contributed by atoms with E-state index >= 15 is 0 Å². The van der Waals surface area contributed by atoms with Crippen molar-refractivity contribution in [1.29, 1.82) is 0 Å². The molecular formula is C17H12ClN3O2. The standard InChI is InChI=1S/C17H12ClN3O2/c18-14-15(11-6-2-1-3-7-11)21(17(14)23)20-10-19-13-9-5-4-8-12(13)16(20)22/h1-10,14-15H/t14-,15-/m0/s1.